The van der Waals surface area contributed by atoms with Crippen LogP contribution in [0.4, 0.5) is 10.1 Å². The molecule has 0 bridgehead atoms. The fourth-order valence-electron chi connectivity index (χ4n) is 2.13. The summed E-state index contributed by atoms with van der Waals surface area (Å²) in [4.78, 5) is 1.93. The number of nitrogens with zero attached hydrogens (tertiary/aromatic N) is 1. The Hall–Kier alpha value is -1.13. The summed E-state index contributed by atoms with van der Waals surface area (Å²) in [5.41, 5.74) is 1.08. The molecule has 4 heteroatoms. The smallest absolute Gasteiger partial charge is 0.131 e. The Kier molecular flexibility index (Phi) is 4.77. The summed E-state index contributed by atoms with van der Waals surface area (Å²) in [5.74, 6) is 0.394. The molecule has 1 saturated carbocycles. The average Bonchev–Trinajstić information content (AvgIpc) is 3.17. The van der Waals surface area contributed by atoms with Crippen molar-refractivity contribution in [2.24, 2.45) is 5.92 Å². The van der Waals surface area contributed by atoms with Gasteiger partial charge in [-0.3, -0.25) is 0 Å². The molecule has 1 aliphatic carbocycles. The first kappa shape index (κ1) is 14.3. The van der Waals surface area contributed by atoms with Crippen LogP contribution in [0.3, 0.4) is 0 Å². The molecule has 19 heavy (non-hydrogen) atoms. The lowest BCUT2D eigenvalue weighted by atomic mass is 10.1. The largest absolute Gasteiger partial charge is 0.389 e. The number of halogens is 1. The van der Waals surface area contributed by atoms with Crippen molar-refractivity contribution < 1.29 is 14.2 Å². The number of likely N-dealkylation sites (N-methyl/N-ethyl adjacent to an activating group) is 1. The van der Waals surface area contributed by atoms with Gasteiger partial charge in [0.2, 0.25) is 0 Å². The summed E-state index contributed by atoms with van der Waals surface area (Å²) in [6.07, 6.45) is 1.75. The molecule has 1 fully saturated rings. The summed E-state index contributed by atoms with van der Waals surface area (Å²) >= 11 is 0. The lowest BCUT2D eigenvalue weighted by Gasteiger charge is -2.24. The number of hydrogen-bond acceptors (Lipinski definition) is 3. The molecule has 0 saturated heterocycles. The van der Waals surface area contributed by atoms with Crippen molar-refractivity contribution in [1.29, 1.82) is 0 Å². The van der Waals surface area contributed by atoms with E-state index in [1.54, 1.807) is 13.0 Å². The fraction of sp³-hybridized carbons (Fsp3) is 0.600. The number of aliphatic hydroxyl groups excluding tert-OH is 1. The normalized spacial score (nSPS) is 16.4. The minimum atomic E-state index is -0.814. The second-order valence-electron chi connectivity index (χ2n) is 5.29. The van der Waals surface area contributed by atoms with Crippen LogP contribution in [0.5, 0.6) is 0 Å². The highest BCUT2D eigenvalue weighted by Crippen LogP contribution is 2.29. The third-order valence-electron chi connectivity index (χ3n) is 3.48. The van der Waals surface area contributed by atoms with Crippen LogP contribution in [0.1, 0.15) is 31.4 Å². The third kappa shape index (κ3) is 3.91. The van der Waals surface area contributed by atoms with Crippen LogP contribution in [0, 0.1) is 11.7 Å². The van der Waals surface area contributed by atoms with Gasteiger partial charge in [0, 0.05) is 31.5 Å². The van der Waals surface area contributed by atoms with E-state index < -0.39 is 6.10 Å². The molecule has 0 aromatic heterocycles. The number of rotatable bonds is 7. The van der Waals surface area contributed by atoms with Crippen LogP contribution in [0.15, 0.2) is 18.2 Å². The van der Waals surface area contributed by atoms with Crippen LogP contribution in [0.25, 0.3) is 0 Å². The Morgan fingerprint density at radius 3 is 2.84 bits per heavy atom. The molecule has 0 radical (unpaired) electrons. The van der Waals surface area contributed by atoms with Crippen LogP contribution in [-0.4, -0.2) is 31.9 Å². The number of benzene rings is 1. The lowest BCUT2D eigenvalue weighted by Crippen LogP contribution is -2.24. The average molecular weight is 267 g/mol. The quantitative estimate of drug-likeness (QED) is 0.771. The molecule has 0 unspecified atom stereocenters. The first-order valence-corrected chi connectivity index (χ1v) is 6.85. The summed E-state index contributed by atoms with van der Waals surface area (Å²) in [6, 6.07) is 4.87. The van der Waals surface area contributed by atoms with Gasteiger partial charge in [-0.2, -0.15) is 0 Å². The monoisotopic (exact) mass is 267 g/mol. The predicted molar refractivity (Wildman–Crippen MR) is 73.8 cm³/mol. The molecule has 0 spiro atoms. The molecule has 106 valence electrons. The molecule has 0 aliphatic heterocycles. The van der Waals surface area contributed by atoms with E-state index >= 15 is 0 Å². The Labute approximate surface area is 114 Å². The van der Waals surface area contributed by atoms with E-state index in [9.17, 15) is 9.50 Å². The molecular formula is C15H22FNO2. The van der Waals surface area contributed by atoms with Gasteiger partial charge in [0.15, 0.2) is 0 Å². The molecule has 1 N–H and O–H groups in total. The van der Waals surface area contributed by atoms with Crippen LogP contribution < -0.4 is 4.90 Å². The molecule has 3 nitrogen and oxygen atoms in total. The Morgan fingerprint density at radius 2 is 2.21 bits per heavy atom. The number of hydrogen-bond donors (Lipinski definition) is 1. The second-order valence-corrected chi connectivity index (χ2v) is 5.29. The van der Waals surface area contributed by atoms with Gasteiger partial charge in [0.25, 0.3) is 0 Å². The minimum absolute atomic E-state index is 0.354. The molecule has 2 rings (SSSR count). The zero-order chi connectivity index (χ0) is 13.8. The molecule has 0 amide bonds. The van der Waals surface area contributed by atoms with Crippen molar-refractivity contribution in [2.75, 3.05) is 31.7 Å². The Balaban J connectivity index is 1.93. The van der Waals surface area contributed by atoms with E-state index in [1.807, 2.05) is 18.0 Å². The van der Waals surface area contributed by atoms with Crippen molar-refractivity contribution in [3.63, 3.8) is 0 Å². The molecule has 1 aromatic carbocycles. The summed E-state index contributed by atoms with van der Waals surface area (Å²) in [6.45, 7) is 3.73. The van der Waals surface area contributed by atoms with Gasteiger partial charge in [-0.1, -0.05) is 6.07 Å². The van der Waals surface area contributed by atoms with Gasteiger partial charge < -0.3 is 14.7 Å². The molecule has 1 atom stereocenters. The highest BCUT2D eigenvalue weighted by Gasteiger charge is 2.21. The highest BCUT2D eigenvalue weighted by molar-refractivity contribution is 5.54. The number of aliphatic hydroxyl groups is 1. The lowest BCUT2D eigenvalue weighted by molar-refractivity contribution is 0.130. The Morgan fingerprint density at radius 1 is 1.47 bits per heavy atom. The van der Waals surface area contributed by atoms with E-state index in [0.29, 0.717) is 18.7 Å². The standard InChI is InChI=1S/C15H22FNO2/c1-11(18)15-13(16)4-3-5-14(15)17(2)8-9-19-10-12-6-7-12/h3-5,11-12,18H,6-10H2,1-2H3/t11-/m1/s1. The van der Waals surface area contributed by atoms with E-state index in [2.05, 4.69) is 0 Å². The first-order chi connectivity index (χ1) is 9.09. The second kappa shape index (κ2) is 6.35. The number of anilines is 1. The SMILES string of the molecule is C[C@@H](O)c1c(F)cccc1N(C)CCOCC1CC1. The van der Waals surface area contributed by atoms with Gasteiger partial charge in [0.05, 0.1) is 12.7 Å². The maximum absolute atomic E-state index is 13.7. The molecule has 1 aliphatic rings. The highest BCUT2D eigenvalue weighted by atomic mass is 19.1. The van der Waals surface area contributed by atoms with Crippen molar-refractivity contribution in [2.45, 2.75) is 25.9 Å². The summed E-state index contributed by atoms with van der Waals surface area (Å²) in [5, 5.41) is 9.69. The van der Waals surface area contributed by atoms with Crippen molar-refractivity contribution >= 4 is 5.69 Å². The zero-order valence-corrected chi connectivity index (χ0v) is 11.6. The van der Waals surface area contributed by atoms with E-state index in [-0.39, 0.29) is 5.82 Å². The maximum Gasteiger partial charge on any atom is 0.131 e. The van der Waals surface area contributed by atoms with Gasteiger partial charge in [0.1, 0.15) is 5.82 Å². The van der Waals surface area contributed by atoms with Crippen LogP contribution in [-0.2, 0) is 4.74 Å². The van der Waals surface area contributed by atoms with Crippen LogP contribution >= 0.6 is 0 Å². The van der Waals surface area contributed by atoms with Crippen molar-refractivity contribution in [3.8, 4) is 0 Å². The van der Waals surface area contributed by atoms with Crippen LogP contribution in [0.2, 0.25) is 0 Å². The molecular weight excluding hydrogens is 245 g/mol. The van der Waals surface area contributed by atoms with Gasteiger partial charge in [-0.25, -0.2) is 4.39 Å². The topological polar surface area (TPSA) is 32.7 Å². The summed E-state index contributed by atoms with van der Waals surface area (Å²) < 4.78 is 19.3. The van der Waals surface area contributed by atoms with Gasteiger partial charge in [-0.15, -0.1) is 0 Å². The minimum Gasteiger partial charge on any atom is -0.389 e. The molecule has 1 aromatic rings. The van der Waals surface area contributed by atoms with Crippen molar-refractivity contribution in [3.05, 3.63) is 29.6 Å². The zero-order valence-electron chi connectivity index (χ0n) is 11.6. The van der Waals surface area contributed by atoms with E-state index in [1.165, 1.54) is 18.9 Å². The third-order valence-corrected chi connectivity index (χ3v) is 3.48. The van der Waals surface area contributed by atoms with E-state index in [0.717, 1.165) is 18.2 Å². The van der Waals surface area contributed by atoms with Crippen molar-refractivity contribution in [1.82, 2.24) is 0 Å². The van der Waals surface area contributed by atoms with E-state index in [4.69, 9.17) is 4.74 Å². The number of ether oxygens (including phenoxy) is 1. The fourth-order valence-corrected chi connectivity index (χ4v) is 2.13. The predicted octanol–water partition coefficient (Wildman–Crippen LogP) is 2.74. The Bertz CT molecular complexity index is 419. The van der Waals surface area contributed by atoms with Gasteiger partial charge in [-0.05, 0) is 37.8 Å². The maximum atomic E-state index is 13.7. The summed E-state index contributed by atoms with van der Waals surface area (Å²) in [7, 11) is 1.89. The first-order valence-electron chi connectivity index (χ1n) is 6.85. The van der Waals surface area contributed by atoms with Gasteiger partial charge >= 0.3 is 0 Å². The molecule has 0 heterocycles.